The van der Waals surface area contributed by atoms with Crippen molar-refractivity contribution >= 4 is 11.8 Å². The Morgan fingerprint density at radius 2 is 1.94 bits per heavy atom. The van der Waals surface area contributed by atoms with E-state index < -0.39 is 5.97 Å². The molecule has 1 saturated heterocycles. The van der Waals surface area contributed by atoms with Gasteiger partial charge in [0.2, 0.25) is 5.88 Å². The predicted octanol–water partition coefficient (Wildman–Crippen LogP) is 1.26. The van der Waals surface area contributed by atoms with Gasteiger partial charge in [-0.1, -0.05) is 0 Å². The Bertz CT molecular complexity index is 431. The summed E-state index contributed by atoms with van der Waals surface area (Å²) in [5, 5.41) is 0. The molecule has 18 heavy (non-hydrogen) atoms. The second-order valence-electron chi connectivity index (χ2n) is 4.12. The van der Waals surface area contributed by atoms with Crippen molar-refractivity contribution in [2.45, 2.75) is 19.3 Å². The van der Waals surface area contributed by atoms with Crippen LogP contribution in [0.5, 0.6) is 5.88 Å². The first-order chi connectivity index (χ1) is 8.77. The van der Waals surface area contributed by atoms with Crippen LogP contribution in [-0.2, 0) is 4.74 Å². The highest BCUT2D eigenvalue weighted by atomic mass is 16.5. The van der Waals surface area contributed by atoms with Gasteiger partial charge in [0, 0.05) is 13.1 Å². The molecule has 1 aliphatic rings. The molecular formula is C12H17N3O3. The Kier molecular flexibility index (Phi) is 3.96. The number of aromatic nitrogens is 2. The number of hydrogen-bond donors (Lipinski definition) is 0. The van der Waals surface area contributed by atoms with Crippen LogP contribution in [0.2, 0.25) is 0 Å². The number of hydrogen-bond acceptors (Lipinski definition) is 6. The lowest BCUT2D eigenvalue weighted by molar-refractivity contribution is 0.0596. The molecule has 1 aromatic heterocycles. The van der Waals surface area contributed by atoms with Crippen molar-refractivity contribution in [3.05, 3.63) is 11.9 Å². The minimum Gasteiger partial charge on any atom is -0.480 e. The van der Waals surface area contributed by atoms with Gasteiger partial charge >= 0.3 is 5.97 Å². The summed E-state index contributed by atoms with van der Waals surface area (Å²) in [6.07, 6.45) is 4.83. The van der Waals surface area contributed by atoms with Crippen LogP contribution in [0.3, 0.4) is 0 Å². The molecule has 6 nitrogen and oxygen atoms in total. The Labute approximate surface area is 106 Å². The number of carbonyl (C=O) groups is 1. The van der Waals surface area contributed by atoms with Gasteiger partial charge in [0.1, 0.15) is 6.33 Å². The highest BCUT2D eigenvalue weighted by molar-refractivity contribution is 5.97. The lowest BCUT2D eigenvalue weighted by atomic mass is 10.1. The highest BCUT2D eigenvalue weighted by Crippen LogP contribution is 2.27. The summed E-state index contributed by atoms with van der Waals surface area (Å²) in [6, 6.07) is 0. The molecule has 0 aliphatic carbocycles. The molecule has 6 heteroatoms. The summed E-state index contributed by atoms with van der Waals surface area (Å²) >= 11 is 0. The molecule has 1 aromatic rings. The number of rotatable bonds is 3. The van der Waals surface area contributed by atoms with Gasteiger partial charge in [-0.2, -0.15) is 0 Å². The molecule has 0 bridgehead atoms. The summed E-state index contributed by atoms with van der Waals surface area (Å²) in [5.74, 6) is 0.402. The van der Waals surface area contributed by atoms with E-state index in [-0.39, 0.29) is 5.88 Å². The Balaban J connectivity index is 2.41. The van der Waals surface area contributed by atoms with E-state index in [0.717, 1.165) is 25.9 Å². The molecule has 98 valence electrons. The number of esters is 1. The van der Waals surface area contributed by atoms with Crippen LogP contribution in [0.25, 0.3) is 0 Å². The summed E-state index contributed by atoms with van der Waals surface area (Å²) in [7, 11) is 2.82. The van der Waals surface area contributed by atoms with Crippen LogP contribution >= 0.6 is 0 Å². The fourth-order valence-electron chi connectivity index (χ4n) is 2.14. The minimum absolute atomic E-state index is 0.262. The number of piperidine rings is 1. The molecule has 2 rings (SSSR count). The zero-order valence-electron chi connectivity index (χ0n) is 10.7. The van der Waals surface area contributed by atoms with Crippen LogP contribution in [-0.4, -0.2) is 43.2 Å². The molecule has 2 heterocycles. The molecule has 0 radical (unpaired) electrons. The van der Waals surface area contributed by atoms with E-state index in [4.69, 9.17) is 9.47 Å². The molecule has 0 unspecified atom stereocenters. The van der Waals surface area contributed by atoms with Crippen molar-refractivity contribution in [1.82, 2.24) is 9.97 Å². The smallest absolute Gasteiger partial charge is 0.347 e. The van der Waals surface area contributed by atoms with Gasteiger partial charge in [-0.15, -0.1) is 0 Å². The Hall–Kier alpha value is -1.85. The van der Waals surface area contributed by atoms with E-state index in [9.17, 15) is 4.79 Å². The second kappa shape index (κ2) is 5.66. The van der Waals surface area contributed by atoms with E-state index in [1.807, 2.05) is 0 Å². The van der Waals surface area contributed by atoms with Crippen LogP contribution in [0.15, 0.2) is 6.33 Å². The molecule has 1 aliphatic heterocycles. The molecule has 1 fully saturated rings. The Morgan fingerprint density at radius 3 is 2.56 bits per heavy atom. The van der Waals surface area contributed by atoms with Crippen molar-refractivity contribution in [1.29, 1.82) is 0 Å². The first kappa shape index (κ1) is 12.6. The standard InChI is InChI=1S/C12H17N3O3/c1-17-11-9(12(16)18-2)10(13-8-14-11)15-6-4-3-5-7-15/h8H,3-7H2,1-2H3. The van der Waals surface area contributed by atoms with Gasteiger partial charge < -0.3 is 14.4 Å². The van der Waals surface area contributed by atoms with Gasteiger partial charge in [-0.05, 0) is 19.3 Å². The average Bonchev–Trinajstić information content (AvgIpc) is 2.46. The zero-order chi connectivity index (χ0) is 13.0. The van der Waals surface area contributed by atoms with E-state index >= 15 is 0 Å². The quantitative estimate of drug-likeness (QED) is 0.754. The van der Waals surface area contributed by atoms with Gasteiger partial charge in [-0.3, -0.25) is 0 Å². The van der Waals surface area contributed by atoms with Crippen LogP contribution < -0.4 is 9.64 Å². The molecule has 0 saturated carbocycles. The van der Waals surface area contributed by atoms with E-state index in [2.05, 4.69) is 14.9 Å². The highest BCUT2D eigenvalue weighted by Gasteiger charge is 2.25. The first-order valence-electron chi connectivity index (χ1n) is 6.00. The molecule has 0 aromatic carbocycles. The third kappa shape index (κ3) is 2.37. The lowest BCUT2D eigenvalue weighted by Crippen LogP contribution is -2.32. The zero-order valence-corrected chi connectivity index (χ0v) is 10.7. The molecular weight excluding hydrogens is 234 g/mol. The first-order valence-corrected chi connectivity index (χ1v) is 6.00. The average molecular weight is 251 g/mol. The fourth-order valence-corrected chi connectivity index (χ4v) is 2.14. The maximum atomic E-state index is 11.8. The fraction of sp³-hybridized carbons (Fsp3) is 0.583. The SMILES string of the molecule is COC(=O)c1c(OC)ncnc1N1CCCCC1. The minimum atomic E-state index is -0.465. The number of carbonyl (C=O) groups excluding carboxylic acids is 1. The summed E-state index contributed by atoms with van der Waals surface area (Å²) < 4.78 is 9.91. The third-order valence-corrected chi connectivity index (χ3v) is 3.03. The molecule has 0 spiro atoms. The van der Waals surface area contributed by atoms with Crippen molar-refractivity contribution in [3.8, 4) is 5.88 Å². The van der Waals surface area contributed by atoms with Crippen LogP contribution in [0.4, 0.5) is 5.82 Å². The van der Waals surface area contributed by atoms with Crippen molar-refractivity contribution in [2.75, 3.05) is 32.2 Å². The van der Waals surface area contributed by atoms with Gasteiger partial charge in [0.15, 0.2) is 11.4 Å². The Morgan fingerprint density at radius 1 is 1.22 bits per heavy atom. The van der Waals surface area contributed by atoms with E-state index in [1.165, 1.54) is 27.0 Å². The number of ether oxygens (including phenoxy) is 2. The van der Waals surface area contributed by atoms with Crippen LogP contribution in [0.1, 0.15) is 29.6 Å². The topological polar surface area (TPSA) is 64.5 Å². The second-order valence-corrected chi connectivity index (χ2v) is 4.12. The lowest BCUT2D eigenvalue weighted by Gasteiger charge is -2.28. The number of nitrogens with zero attached hydrogens (tertiary/aromatic N) is 3. The van der Waals surface area contributed by atoms with Crippen molar-refractivity contribution in [2.24, 2.45) is 0 Å². The third-order valence-electron chi connectivity index (χ3n) is 3.03. The van der Waals surface area contributed by atoms with Crippen LogP contribution in [0, 0.1) is 0 Å². The number of methoxy groups -OCH3 is 2. The maximum absolute atomic E-state index is 11.8. The summed E-state index contributed by atoms with van der Waals surface area (Å²) in [5.41, 5.74) is 0.310. The molecule has 0 N–H and O–H groups in total. The van der Waals surface area contributed by atoms with E-state index in [0.29, 0.717) is 11.4 Å². The normalized spacial score (nSPS) is 15.3. The maximum Gasteiger partial charge on any atom is 0.347 e. The van der Waals surface area contributed by atoms with Gasteiger partial charge in [-0.25, -0.2) is 14.8 Å². The monoisotopic (exact) mass is 251 g/mol. The largest absolute Gasteiger partial charge is 0.480 e. The van der Waals surface area contributed by atoms with E-state index in [1.54, 1.807) is 0 Å². The number of anilines is 1. The van der Waals surface area contributed by atoms with Crippen molar-refractivity contribution in [3.63, 3.8) is 0 Å². The van der Waals surface area contributed by atoms with Gasteiger partial charge in [0.25, 0.3) is 0 Å². The van der Waals surface area contributed by atoms with Crippen molar-refractivity contribution < 1.29 is 14.3 Å². The summed E-state index contributed by atoms with van der Waals surface area (Å²) in [6.45, 7) is 1.79. The summed E-state index contributed by atoms with van der Waals surface area (Å²) in [4.78, 5) is 22.1. The molecule has 0 atom stereocenters. The predicted molar refractivity (Wildman–Crippen MR) is 66.0 cm³/mol. The molecule has 0 amide bonds. The van der Waals surface area contributed by atoms with Gasteiger partial charge in [0.05, 0.1) is 14.2 Å².